The van der Waals surface area contributed by atoms with Crippen molar-refractivity contribution in [3.05, 3.63) is 48.6 Å². The first-order chi connectivity index (χ1) is 7.33. The molecule has 0 amide bonds. The molecule has 0 fully saturated rings. The number of nitrogens with one attached hydrogen (secondary N) is 1. The van der Waals surface area contributed by atoms with Crippen LogP contribution >= 0.6 is 0 Å². The molecule has 0 aliphatic heterocycles. The average Bonchev–Trinajstić information content (AvgIpc) is 2.30. The van der Waals surface area contributed by atoms with Crippen molar-refractivity contribution in [2.75, 3.05) is 6.54 Å². The zero-order valence-corrected chi connectivity index (χ0v) is 9.74. The molecule has 0 saturated heterocycles. The van der Waals surface area contributed by atoms with Gasteiger partial charge >= 0.3 is 0 Å². The van der Waals surface area contributed by atoms with Crippen molar-refractivity contribution in [1.29, 1.82) is 0 Å². The van der Waals surface area contributed by atoms with E-state index in [0.717, 1.165) is 13.0 Å². The molecule has 1 rings (SSSR count). The molecule has 2 unspecified atom stereocenters. The Labute approximate surface area is 93.2 Å². The minimum atomic E-state index is 0.377. The summed E-state index contributed by atoms with van der Waals surface area (Å²) >= 11 is 0. The Morgan fingerprint density at radius 2 is 1.93 bits per heavy atom. The second kappa shape index (κ2) is 6.41. The van der Waals surface area contributed by atoms with Crippen LogP contribution in [0.4, 0.5) is 0 Å². The predicted molar refractivity (Wildman–Crippen MR) is 67.1 cm³/mol. The van der Waals surface area contributed by atoms with Crippen LogP contribution in [-0.2, 0) is 0 Å². The first-order valence-electron chi connectivity index (χ1n) is 5.74. The summed E-state index contributed by atoms with van der Waals surface area (Å²) in [5.41, 5.74) is 1.39. The Morgan fingerprint density at radius 1 is 1.27 bits per heavy atom. The Bertz CT molecular complexity index is 279. The van der Waals surface area contributed by atoms with E-state index in [1.54, 1.807) is 0 Å². The Balaban J connectivity index is 2.82. The Hall–Kier alpha value is -1.08. The van der Waals surface area contributed by atoms with Crippen LogP contribution in [0.5, 0.6) is 0 Å². The van der Waals surface area contributed by atoms with Crippen molar-refractivity contribution >= 4 is 0 Å². The number of hydrogen-bond donors (Lipinski definition) is 1. The summed E-state index contributed by atoms with van der Waals surface area (Å²) < 4.78 is 0. The molecule has 0 saturated carbocycles. The van der Waals surface area contributed by atoms with Crippen molar-refractivity contribution < 1.29 is 0 Å². The monoisotopic (exact) mass is 203 g/mol. The van der Waals surface area contributed by atoms with Crippen molar-refractivity contribution in [2.24, 2.45) is 0 Å². The molecular weight excluding hydrogens is 182 g/mol. The van der Waals surface area contributed by atoms with E-state index in [1.807, 2.05) is 6.08 Å². The summed E-state index contributed by atoms with van der Waals surface area (Å²) in [6.45, 7) is 9.26. The van der Waals surface area contributed by atoms with Gasteiger partial charge in [0.25, 0.3) is 0 Å². The summed E-state index contributed by atoms with van der Waals surface area (Å²) in [6, 6.07) is 11.0. The van der Waals surface area contributed by atoms with E-state index in [0.29, 0.717) is 12.0 Å². The van der Waals surface area contributed by atoms with Gasteiger partial charge in [-0.25, -0.2) is 0 Å². The predicted octanol–water partition coefficient (Wildman–Crippen LogP) is 3.34. The zero-order valence-electron chi connectivity index (χ0n) is 9.74. The molecule has 0 spiro atoms. The summed E-state index contributed by atoms with van der Waals surface area (Å²) in [5.74, 6) is 0.531. The largest absolute Gasteiger partial charge is 0.310 e. The standard InChI is InChI=1S/C14H21N/c1-4-13(14(5-2)15-6-3)12-10-8-7-9-11-12/h5,7-11,13-15H,2,4,6H2,1,3H3. The highest BCUT2D eigenvalue weighted by Gasteiger charge is 2.17. The van der Waals surface area contributed by atoms with Crippen LogP contribution in [0.2, 0.25) is 0 Å². The number of likely N-dealkylation sites (N-methyl/N-ethyl adjacent to an activating group) is 1. The van der Waals surface area contributed by atoms with E-state index in [9.17, 15) is 0 Å². The van der Waals surface area contributed by atoms with E-state index in [-0.39, 0.29) is 0 Å². The lowest BCUT2D eigenvalue weighted by molar-refractivity contribution is 0.498. The van der Waals surface area contributed by atoms with Gasteiger partial charge in [-0.3, -0.25) is 0 Å². The van der Waals surface area contributed by atoms with Crippen LogP contribution in [0.3, 0.4) is 0 Å². The molecule has 15 heavy (non-hydrogen) atoms. The third-order valence-electron chi connectivity index (χ3n) is 2.79. The fourth-order valence-corrected chi connectivity index (χ4v) is 2.02. The van der Waals surface area contributed by atoms with E-state index >= 15 is 0 Å². The van der Waals surface area contributed by atoms with Crippen LogP contribution in [0, 0.1) is 0 Å². The van der Waals surface area contributed by atoms with Gasteiger partial charge in [0.05, 0.1) is 0 Å². The highest BCUT2D eigenvalue weighted by atomic mass is 14.9. The topological polar surface area (TPSA) is 12.0 Å². The third-order valence-corrected chi connectivity index (χ3v) is 2.79. The molecule has 1 heteroatoms. The molecule has 1 aromatic rings. The quantitative estimate of drug-likeness (QED) is 0.699. The summed E-state index contributed by atoms with van der Waals surface area (Å²) in [5, 5.41) is 3.46. The number of rotatable bonds is 6. The SMILES string of the molecule is C=CC(NCC)C(CC)c1ccccc1. The van der Waals surface area contributed by atoms with E-state index in [4.69, 9.17) is 0 Å². The molecule has 0 radical (unpaired) electrons. The molecular formula is C14H21N. The molecule has 1 N–H and O–H groups in total. The maximum atomic E-state index is 3.91. The molecule has 0 aromatic heterocycles. The highest BCUT2D eigenvalue weighted by molar-refractivity contribution is 5.22. The lowest BCUT2D eigenvalue weighted by Crippen LogP contribution is -2.32. The second-order valence-corrected chi connectivity index (χ2v) is 3.74. The van der Waals surface area contributed by atoms with Crippen molar-refractivity contribution in [3.63, 3.8) is 0 Å². The van der Waals surface area contributed by atoms with Gasteiger partial charge in [0.1, 0.15) is 0 Å². The second-order valence-electron chi connectivity index (χ2n) is 3.74. The van der Waals surface area contributed by atoms with Gasteiger partial charge in [0.2, 0.25) is 0 Å². The normalized spacial score (nSPS) is 14.5. The number of hydrogen-bond acceptors (Lipinski definition) is 1. The van der Waals surface area contributed by atoms with E-state index in [1.165, 1.54) is 5.56 Å². The molecule has 0 bridgehead atoms. The van der Waals surface area contributed by atoms with Crippen LogP contribution in [0.15, 0.2) is 43.0 Å². The van der Waals surface area contributed by atoms with Gasteiger partial charge in [0.15, 0.2) is 0 Å². The van der Waals surface area contributed by atoms with Gasteiger partial charge in [-0.1, -0.05) is 50.3 Å². The van der Waals surface area contributed by atoms with Crippen molar-refractivity contribution in [2.45, 2.75) is 32.2 Å². The summed E-state index contributed by atoms with van der Waals surface area (Å²) in [6.07, 6.45) is 3.15. The maximum absolute atomic E-state index is 3.91. The van der Waals surface area contributed by atoms with Gasteiger partial charge in [-0.15, -0.1) is 6.58 Å². The molecule has 0 aliphatic carbocycles. The van der Waals surface area contributed by atoms with Crippen LogP contribution in [0.25, 0.3) is 0 Å². The van der Waals surface area contributed by atoms with Crippen molar-refractivity contribution in [3.8, 4) is 0 Å². The number of benzene rings is 1. The zero-order chi connectivity index (χ0) is 11.1. The summed E-state index contributed by atoms with van der Waals surface area (Å²) in [4.78, 5) is 0. The van der Waals surface area contributed by atoms with Gasteiger partial charge < -0.3 is 5.32 Å². The fraction of sp³-hybridized carbons (Fsp3) is 0.429. The molecule has 2 atom stereocenters. The van der Waals surface area contributed by atoms with Gasteiger partial charge in [-0.2, -0.15) is 0 Å². The molecule has 82 valence electrons. The van der Waals surface area contributed by atoms with Crippen LogP contribution in [-0.4, -0.2) is 12.6 Å². The van der Waals surface area contributed by atoms with Gasteiger partial charge in [-0.05, 0) is 18.5 Å². The minimum Gasteiger partial charge on any atom is -0.310 e. The Morgan fingerprint density at radius 3 is 2.40 bits per heavy atom. The maximum Gasteiger partial charge on any atom is 0.0316 e. The van der Waals surface area contributed by atoms with Gasteiger partial charge in [0, 0.05) is 12.0 Å². The summed E-state index contributed by atoms with van der Waals surface area (Å²) in [7, 11) is 0. The lowest BCUT2D eigenvalue weighted by atomic mass is 9.89. The Kier molecular flexibility index (Phi) is 5.13. The first kappa shape index (κ1) is 12.0. The lowest BCUT2D eigenvalue weighted by Gasteiger charge is -2.24. The van der Waals surface area contributed by atoms with E-state index < -0.39 is 0 Å². The smallest absolute Gasteiger partial charge is 0.0316 e. The van der Waals surface area contributed by atoms with E-state index in [2.05, 4.69) is 56.1 Å². The van der Waals surface area contributed by atoms with Crippen LogP contribution < -0.4 is 5.32 Å². The molecule has 0 aliphatic rings. The fourth-order valence-electron chi connectivity index (χ4n) is 2.02. The first-order valence-corrected chi connectivity index (χ1v) is 5.74. The molecule has 0 heterocycles. The highest BCUT2D eigenvalue weighted by Crippen LogP contribution is 2.23. The average molecular weight is 203 g/mol. The molecule has 1 aromatic carbocycles. The van der Waals surface area contributed by atoms with Crippen LogP contribution in [0.1, 0.15) is 31.7 Å². The third kappa shape index (κ3) is 3.21. The molecule has 1 nitrogen and oxygen atoms in total. The minimum absolute atomic E-state index is 0.377. The van der Waals surface area contributed by atoms with Crippen molar-refractivity contribution in [1.82, 2.24) is 5.32 Å².